The fourth-order valence-electron chi connectivity index (χ4n) is 4.35. The molecule has 1 aliphatic heterocycles. The maximum absolute atomic E-state index is 13.0. The summed E-state index contributed by atoms with van der Waals surface area (Å²) in [7, 11) is -0.355. The maximum atomic E-state index is 13.0. The number of aromatic nitrogens is 1. The summed E-state index contributed by atoms with van der Waals surface area (Å²) in [5.41, 5.74) is 1.70. The summed E-state index contributed by atoms with van der Waals surface area (Å²) in [6.07, 6.45) is 4.68. The van der Waals surface area contributed by atoms with Gasteiger partial charge in [-0.15, -0.1) is 0 Å². The van der Waals surface area contributed by atoms with Crippen molar-refractivity contribution in [3.8, 4) is 11.5 Å². The highest BCUT2D eigenvalue weighted by atomic mass is 32.2. The fraction of sp³-hybridized carbons (Fsp3) is 0.400. The van der Waals surface area contributed by atoms with E-state index in [1.165, 1.54) is 0 Å². The number of sulfonamides is 1. The minimum Gasteiger partial charge on any atom is -0.493 e. The molecule has 2 aromatic carbocycles. The molecule has 8 nitrogen and oxygen atoms in total. The Kier molecular flexibility index (Phi) is 7.13. The molecule has 0 radical (unpaired) electrons. The number of amides is 1. The van der Waals surface area contributed by atoms with Gasteiger partial charge in [-0.1, -0.05) is 12.5 Å². The first-order valence-corrected chi connectivity index (χ1v) is 12.9. The van der Waals surface area contributed by atoms with E-state index in [0.29, 0.717) is 36.0 Å². The number of nitrogens with zero attached hydrogens (tertiary/aromatic N) is 2. The van der Waals surface area contributed by atoms with Crippen molar-refractivity contribution in [2.75, 3.05) is 27.3 Å². The van der Waals surface area contributed by atoms with Crippen LogP contribution in [-0.4, -0.2) is 50.5 Å². The minimum atomic E-state index is -3.51. The summed E-state index contributed by atoms with van der Waals surface area (Å²) in [6, 6.07) is 12.0. The highest BCUT2D eigenvalue weighted by molar-refractivity contribution is 7.89. The maximum Gasteiger partial charge on any atom is 0.243 e. The lowest BCUT2D eigenvalue weighted by molar-refractivity contribution is -0.123. The predicted molar refractivity (Wildman–Crippen MR) is 131 cm³/mol. The van der Waals surface area contributed by atoms with Crippen LogP contribution in [0.15, 0.2) is 53.6 Å². The Bertz CT molecular complexity index is 1280. The van der Waals surface area contributed by atoms with Crippen LogP contribution in [-0.2, 0) is 21.4 Å². The highest BCUT2D eigenvalue weighted by Crippen LogP contribution is 2.28. The Morgan fingerprint density at radius 3 is 2.44 bits per heavy atom. The molecule has 0 unspecified atom stereocenters. The van der Waals surface area contributed by atoms with Gasteiger partial charge in [-0.3, -0.25) is 4.79 Å². The number of hydrogen-bond acceptors (Lipinski definition) is 5. The average Bonchev–Trinajstić information content (AvgIpc) is 3.30. The molecule has 1 saturated heterocycles. The number of fused-ring (bicyclic) bond motifs is 1. The quantitative estimate of drug-likeness (QED) is 0.525. The standard InChI is InChI=1S/C25H31N3O5S/c1-18(25(29)26-17-19-7-10-23(32-2)24(15-19)33-3)28-14-11-20-16-21(8-9-22(20)28)34(30,31)27-12-5-4-6-13-27/h7-11,14-16,18H,4-6,12-13,17H2,1-3H3,(H,26,29)/t18-/m1/s1. The van der Waals surface area contributed by atoms with E-state index in [4.69, 9.17) is 9.47 Å². The summed E-state index contributed by atoms with van der Waals surface area (Å²) in [5, 5.41) is 3.75. The zero-order valence-corrected chi connectivity index (χ0v) is 20.6. The molecule has 182 valence electrons. The zero-order valence-electron chi connectivity index (χ0n) is 19.8. The fourth-order valence-corrected chi connectivity index (χ4v) is 5.90. The van der Waals surface area contributed by atoms with Crippen molar-refractivity contribution < 1.29 is 22.7 Å². The molecule has 2 heterocycles. The second-order valence-corrected chi connectivity index (χ2v) is 10.4. The first kappa shape index (κ1) is 24.1. The summed E-state index contributed by atoms with van der Waals surface area (Å²) < 4.78 is 40.0. The SMILES string of the molecule is COc1ccc(CNC(=O)[C@@H](C)n2ccc3cc(S(=O)(=O)N4CCCCC4)ccc32)cc1OC. The van der Waals surface area contributed by atoms with Gasteiger partial charge in [0, 0.05) is 36.7 Å². The van der Waals surface area contributed by atoms with Gasteiger partial charge in [0.2, 0.25) is 15.9 Å². The van der Waals surface area contributed by atoms with Gasteiger partial charge in [0.15, 0.2) is 11.5 Å². The first-order chi connectivity index (χ1) is 16.3. The number of carbonyl (C=O) groups is 1. The lowest BCUT2D eigenvalue weighted by Crippen LogP contribution is -2.35. The number of piperidine rings is 1. The predicted octanol–water partition coefficient (Wildman–Crippen LogP) is 3.71. The third kappa shape index (κ3) is 4.76. The van der Waals surface area contributed by atoms with Gasteiger partial charge in [-0.05, 0) is 61.7 Å². The van der Waals surface area contributed by atoms with Crippen molar-refractivity contribution in [2.24, 2.45) is 0 Å². The highest BCUT2D eigenvalue weighted by Gasteiger charge is 2.26. The van der Waals surface area contributed by atoms with Gasteiger partial charge >= 0.3 is 0 Å². The van der Waals surface area contributed by atoms with E-state index >= 15 is 0 Å². The number of hydrogen-bond donors (Lipinski definition) is 1. The van der Waals surface area contributed by atoms with E-state index in [0.717, 1.165) is 35.7 Å². The van der Waals surface area contributed by atoms with E-state index in [1.807, 2.05) is 35.9 Å². The van der Waals surface area contributed by atoms with Gasteiger partial charge in [0.1, 0.15) is 6.04 Å². The number of nitrogens with one attached hydrogen (secondary N) is 1. The molecular weight excluding hydrogens is 454 g/mol. The van der Waals surface area contributed by atoms with E-state index < -0.39 is 16.1 Å². The molecule has 0 saturated carbocycles. The molecule has 1 fully saturated rings. The molecule has 1 aromatic heterocycles. The second-order valence-electron chi connectivity index (χ2n) is 8.49. The number of carbonyl (C=O) groups excluding carboxylic acids is 1. The molecule has 1 aliphatic rings. The third-order valence-electron chi connectivity index (χ3n) is 6.36. The van der Waals surface area contributed by atoms with Crippen LogP contribution in [0.4, 0.5) is 0 Å². The second kappa shape index (κ2) is 10.1. The normalized spacial score (nSPS) is 15.7. The Balaban J connectivity index is 1.48. The Morgan fingerprint density at radius 1 is 1.00 bits per heavy atom. The first-order valence-electron chi connectivity index (χ1n) is 11.4. The van der Waals surface area contributed by atoms with Crippen LogP contribution in [0.25, 0.3) is 10.9 Å². The van der Waals surface area contributed by atoms with Gasteiger partial charge in [-0.25, -0.2) is 8.42 Å². The molecule has 0 spiro atoms. The molecule has 3 aromatic rings. The minimum absolute atomic E-state index is 0.141. The van der Waals surface area contributed by atoms with Crippen molar-refractivity contribution >= 4 is 26.8 Å². The summed E-state index contributed by atoms with van der Waals surface area (Å²) in [5.74, 6) is 1.10. The Labute approximate surface area is 200 Å². The summed E-state index contributed by atoms with van der Waals surface area (Å²) in [6.45, 7) is 3.31. The van der Waals surface area contributed by atoms with E-state index in [9.17, 15) is 13.2 Å². The van der Waals surface area contributed by atoms with E-state index in [2.05, 4.69) is 5.32 Å². The van der Waals surface area contributed by atoms with Crippen LogP contribution in [0.2, 0.25) is 0 Å². The monoisotopic (exact) mass is 485 g/mol. The molecule has 9 heteroatoms. The van der Waals surface area contributed by atoms with E-state index in [-0.39, 0.29) is 5.91 Å². The molecule has 1 N–H and O–H groups in total. The van der Waals surface area contributed by atoms with Crippen LogP contribution in [0.3, 0.4) is 0 Å². The van der Waals surface area contributed by atoms with Crippen molar-refractivity contribution in [3.05, 3.63) is 54.2 Å². The molecule has 1 atom stereocenters. The van der Waals surface area contributed by atoms with Crippen LogP contribution in [0.5, 0.6) is 11.5 Å². The van der Waals surface area contributed by atoms with Crippen molar-refractivity contribution in [1.82, 2.24) is 14.2 Å². The third-order valence-corrected chi connectivity index (χ3v) is 8.25. The lowest BCUT2D eigenvalue weighted by atomic mass is 10.2. The smallest absolute Gasteiger partial charge is 0.243 e. The van der Waals surface area contributed by atoms with Gasteiger partial charge in [-0.2, -0.15) is 4.31 Å². The Hall–Kier alpha value is -3.04. The molecule has 4 rings (SSSR count). The number of rotatable bonds is 8. The van der Waals surface area contributed by atoms with Crippen LogP contribution in [0.1, 0.15) is 37.8 Å². The van der Waals surface area contributed by atoms with E-state index in [1.54, 1.807) is 42.8 Å². The van der Waals surface area contributed by atoms with Gasteiger partial charge in [0.05, 0.1) is 19.1 Å². The number of ether oxygens (including phenoxy) is 2. The van der Waals surface area contributed by atoms with Gasteiger partial charge in [0.25, 0.3) is 0 Å². The van der Waals surface area contributed by atoms with Crippen molar-refractivity contribution in [2.45, 2.75) is 43.7 Å². The molecule has 1 amide bonds. The lowest BCUT2D eigenvalue weighted by Gasteiger charge is -2.26. The summed E-state index contributed by atoms with van der Waals surface area (Å²) in [4.78, 5) is 13.2. The van der Waals surface area contributed by atoms with Crippen LogP contribution in [0, 0.1) is 0 Å². The van der Waals surface area contributed by atoms with Crippen LogP contribution >= 0.6 is 0 Å². The summed E-state index contributed by atoms with van der Waals surface area (Å²) >= 11 is 0. The largest absolute Gasteiger partial charge is 0.493 e. The molecule has 34 heavy (non-hydrogen) atoms. The van der Waals surface area contributed by atoms with Crippen molar-refractivity contribution in [1.29, 1.82) is 0 Å². The number of benzene rings is 2. The zero-order chi connectivity index (χ0) is 24.3. The van der Waals surface area contributed by atoms with Gasteiger partial charge < -0.3 is 19.4 Å². The Morgan fingerprint density at radius 2 is 1.74 bits per heavy atom. The van der Waals surface area contributed by atoms with Crippen molar-refractivity contribution in [3.63, 3.8) is 0 Å². The topological polar surface area (TPSA) is 89.9 Å². The molecule has 0 aliphatic carbocycles. The number of methoxy groups -OCH3 is 2. The average molecular weight is 486 g/mol. The molecular formula is C25H31N3O5S. The molecule has 0 bridgehead atoms. The van der Waals surface area contributed by atoms with Crippen LogP contribution < -0.4 is 14.8 Å².